The summed E-state index contributed by atoms with van der Waals surface area (Å²) in [6, 6.07) is 7.36. The van der Waals surface area contributed by atoms with Gasteiger partial charge in [-0.2, -0.15) is 0 Å². The first kappa shape index (κ1) is 13.1. The highest BCUT2D eigenvalue weighted by atomic mass is 35.5. The molecule has 4 heteroatoms. The Balaban J connectivity index is 2.54. The summed E-state index contributed by atoms with van der Waals surface area (Å²) in [4.78, 5) is 4.48. The van der Waals surface area contributed by atoms with Crippen molar-refractivity contribution >= 4 is 11.6 Å². The maximum absolute atomic E-state index is 9.36. The van der Waals surface area contributed by atoms with Crippen molar-refractivity contribution in [1.29, 1.82) is 0 Å². The molecular formula is C14H16ClNO2. The van der Waals surface area contributed by atoms with E-state index in [1.165, 1.54) is 0 Å². The number of aromatic nitrogens is 1. The minimum Gasteiger partial charge on any atom is -0.442 e. The number of aliphatic hydroxyl groups is 1. The second-order valence-corrected chi connectivity index (χ2v) is 5.65. The number of aliphatic hydroxyl groups excluding tert-OH is 1. The van der Waals surface area contributed by atoms with E-state index in [9.17, 15) is 5.11 Å². The van der Waals surface area contributed by atoms with Crippen molar-refractivity contribution in [2.75, 3.05) is 0 Å². The topological polar surface area (TPSA) is 46.3 Å². The molecule has 0 spiro atoms. The molecule has 0 aliphatic rings. The normalized spacial score (nSPS) is 11.8. The third-order valence-corrected chi connectivity index (χ3v) is 2.82. The van der Waals surface area contributed by atoms with Crippen LogP contribution < -0.4 is 0 Å². The number of oxazole rings is 1. The molecule has 1 N–H and O–H groups in total. The average Bonchev–Trinajstić information content (AvgIpc) is 2.72. The van der Waals surface area contributed by atoms with Crippen LogP contribution in [0.25, 0.3) is 11.3 Å². The summed E-state index contributed by atoms with van der Waals surface area (Å²) < 4.78 is 5.62. The summed E-state index contributed by atoms with van der Waals surface area (Å²) in [5, 5.41) is 10.00. The van der Waals surface area contributed by atoms with Crippen LogP contribution in [0.5, 0.6) is 0 Å². The van der Waals surface area contributed by atoms with Crippen LogP contribution in [0.1, 0.15) is 32.4 Å². The first-order chi connectivity index (χ1) is 8.41. The standard InChI is InChI=1S/C14H16ClNO2/c1-14(2,3)13-16-12(11(8-17)18-13)9-5-4-6-10(15)7-9/h4-7,17H,8H2,1-3H3. The lowest BCUT2D eigenvalue weighted by molar-refractivity contribution is 0.237. The van der Waals surface area contributed by atoms with E-state index in [1.807, 2.05) is 39.0 Å². The Morgan fingerprint density at radius 1 is 1.33 bits per heavy atom. The SMILES string of the molecule is CC(C)(C)c1nc(-c2cccc(Cl)c2)c(CO)o1. The van der Waals surface area contributed by atoms with Crippen LogP contribution in [0.4, 0.5) is 0 Å². The molecule has 3 nitrogen and oxygen atoms in total. The molecule has 1 aromatic carbocycles. The largest absolute Gasteiger partial charge is 0.442 e. The van der Waals surface area contributed by atoms with Crippen LogP contribution in [-0.2, 0) is 12.0 Å². The lowest BCUT2D eigenvalue weighted by Crippen LogP contribution is -2.11. The van der Waals surface area contributed by atoms with Crippen molar-refractivity contribution in [2.24, 2.45) is 0 Å². The molecule has 1 aromatic heterocycles. The molecular weight excluding hydrogens is 250 g/mol. The molecule has 0 saturated carbocycles. The molecule has 96 valence electrons. The van der Waals surface area contributed by atoms with Crippen molar-refractivity contribution in [3.63, 3.8) is 0 Å². The van der Waals surface area contributed by atoms with Gasteiger partial charge in [0.25, 0.3) is 0 Å². The molecule has 0 aliphatic heterocycles. The fourth-order valence-electron chi connectivity index (χ4n) is 1.64. The Kier molecular flexibility index (Phi) is 3.46. The molecule has 2 aromatic rings. The van der Waals surface area contributed by atoms with Crippen LogP contribution in [-0.4, -0.2) is 10.1 Å². The maximum atomic E-state index is 9.36. The molecule has 0 aliphatic carbocycles. The monoisotopic (exact) mass is 265 g/mol. The second-order valence-electron chi connectivity index (χ2n) is 5.21. The van der Waals surface area contributed by atoms with Gasteiger partial charge in [0.1, 0.15) is 12.3 Å². The highest BCUT2D eigenvalue weighted by molar-refractivity contribution is 6.30. The van der Waals surface area contributed by atoms with Gasteiger partial charge in [0.15, 0.2) is 5.76 Å². The van der Waals surface area contributed by atoms with Crippen LogP contribution in [0, 0.1) is 0 Å². The fraction of sp³-hybridized carbons (Fsp3) is 0.357. The van der Waals surface area contributed by atoms with Gasteiger partial charge in [-0.25, -0.2) is 4.98 Å². The summed E-state index contributed by atoms with van der Waals surface area (Å²) in [5.74, 6) is 1.09. The molecule has 0 saturated heterocycles. The van der Waals surface area contributed by atoms with E-state index in [-0.39, 0.29) is 12.0 Å². The highest BCUT2D eigenvalue weighted by Gasteiger charge is 2.24. The third-order valence-electron chi connectivity index (χ3n) is 2.58. The summed E-state index contributed by atoms with van der Waals surface area (Å²) in [7, 11) is 0. The molecule has 0 unspecified atom stereocenters. The molecule has 1 heterocycles. The maximum Gasteiger partial charge on any atom is 0.200 e. The average molecular weight is 266 g/mol. The van der Waals surface area contributed by atoms with Gasteiger partial charge in [0.05, 0.1) is 0 Å². The van der Waals surface area contributed by atoms with Crippen LogP contribution >= 0.6 is 11.6 Å². The molecule has 0 amide bonds. The molecule has 0 radical (unpaired) electrons. The van der Waals surface area contributed by atoms with Crippen molar-refractivity contribution < 1.29 is 9.52 Å². The summed E-state index contributed by atoms with van der Waals surface area (Å²) in [5.41, 5.74) is 1.32. The summed E-state index contributed by atoms with van der Waals surface area (Å²) >= 11 is 5.97. The van der Waals surface area contributed by atoms with Crippen LogP contribution in [0.2, 0.25) is 5.02 Å². The molecule has 2 rings (SSSR count). The van der Waals surface area contributed by atoms with E-state index < -0.39 is 0 Å². The van der Waals surface area contributed by atoms with Crippen LogP contribution in [0.15, 0.2) is 28.7 Å². The van der Waals surface area contributed by atoms with Gasteiger partial charge in [-0.15, -0.1) is 0 Å². The number of nitrogens with zero attached hydrogens (tertiary/aromatic N) is 1. The number of halogens is 1. The van der Waals surface area contributed by atoms with Gasteiger partial charge < -0.3 is 9.52 Å². The number of hydrogen-bond acceptors (Lipinski definition) is 3. The zero-order chi connectivity index (χ0) is 13.3. The Hall–Kier alpha value is -1.32. The second kappa shape index (κ2) is 4.75. The van der Waals surface area contributed by atoms with E-state index in [0.717, 1.165) is 5.56 Å². The number of rotatable bonds is 2. The molecule has 18 heavy (non-hydrogen) atoms. The summed E-state index contributed by atoms with van der Waals surface area (Å²) in [6.45, 7) is 5.87. The number of benzene rings is 1. The van der Waals surface area contributed by atoms with E-state index in [4.69, 9.17) is 16.0 Å². The van der Waals surface area contributed by atoms with Crippen molar-refractivity contribution in [1.82, 2.24) is 4.98 Å². The Bertz CT molecular complexity index is 555. The summed E-state index contributed by atoms with van der Waals surface area (Å²) in [6.07, 6.45) is 0. The molecule has 0 atom stereocenters. The minimum absolute atomic E-state index is 0.176. The molecule has 0 fully saturated rings. The smallest absolute Gasteiger partial charge is 0.200 e. The predicted molar refractivity (Wildman–Crippen MR) is 71.6 cm³/mol. The zero-order valence-electron chi connectivity index (χ0n) is 10.7. The van der Waals surface area contributed by atoms with Gasteiger partial charge in [-0.1, -0.05) is 44.5 Å². The van der Waals surface area contributed by atoms with Crippen molar-refractivity contribution in [2.45, 2.75) is 32.8 Å². The van der Waals surface area contributed by atoms with Gasteiger partial charge >= 0.3 is 0 Å². The highest BCUT2D eigenvalue weighted by Crippen LogP contribution is 2.30. The molecule has 0 bridgehead atoms. The van der Waals surface area contributed by atoms with Gasteiger partial charge in [0, 0.05) is 16.0 Å². The zero-order valence-corrected chi connectivity index (χ0v) is 11.5. The third kappa shape index (κ3) is 2.57. The first-order valence-electron chi connectivity index (χ1n) is 5.79. The predicted octanol–water partition coefficient (Wildman–Crippen LogP) is 3.78. The lowest BCUT2D eigenvalue weighted by atomic mass is 9.97. The van der Waals surface area contributed by atoms with Crippen LogP contribution in [0.3, 0.4) is 0 Å². The Morgan fingerprint density at radius 3 is 2.61 bits per heavy atom. The quantitative estimate of drug-likeness (QED) is 0.899. The van der Waals surface area contributed by atoms with Gasteiger partial charge in [-0.3, -0.25) is 0 Å². The lowest BCUT2D eigenvalue weighted by Gasteiger charge is -2.11. The van der Waals surface area contributed by atoms with Gasteiger partial charge in [0.2, 0.25) is 5.89 Å². The fourth-order valence-corrected chi connectivity index (χ4v) is 1.83. The van der Waals surface area contributed by atoms with E-state index in [2.05, 4.69) is 4.98 Å². The first-order valence-corrected chi connectivity index (χ1v) is 6.16. The minimum atomic E-state index is -0.194. The van der Waals surface area contributed by atoms with Gasteiger partial charge in [-0.05, 0) is 12.1 Å². The number of hydrogen-bond donors (Lipinski definition) is 1. The van der Waals surface area contributed by atoms with E-state index in [0.29, 0.717) is 22.4 Å². The van der Waals surface area contributed by atoms with E-state index in [1.54, 1.807) is 6.07 Å². The van der Waals surface area contributed by atoms with Crippen molar-refractivity contribution in [3.8, 4) is 11.3 Å². The van der Waals surface area contributed by atoms with Crippen molar-refractivity contribution in [3.05, 3.63) is 40.9 Å². The Labute approximate surface area is 111 Å². The van der Waals surface area contributed by atoms with E-state index >= 15 is 0 Å². The Morgan fingerprint density at radius 2 is 2.06 bits per heavy atom.